The van der Waals surface area contributed by atoms with E-state index >= 15 is 0 Å². The molecule has 0 fully saturated rings. The molecule has 4 aromatic rings. The average molecular weight is 540 g/mol. The molecule has 208 valence electrons. The van der Waals surface area contributed by atoms with Crippen LogP contribution in [0.25, 0.3) is 11.3 Å². The fourth-order valence-corrected chi connectivity index (χ4v) is 5.57. The first-order valence-electron chi connectivity index (χ1n) is 14.1. The van der Waals surface area contributed by atoms with Crippen LogP contribution in [0.15, 0.2) is 60.7 Å². The Morgan fingerprint density at radius 3 is 2.50 bits per heavy atom. The van der Waals surface area contributed by atoms with E-state index in [2.05, 4.69) is 17.1 Å². The van der Waals surface area contributed by atoms with Crippen molar-refractivity contribution in [3.05, 3.63) is 94.2 Å². The molecule has 1 aliphatic heterocycles. The normalized spacial score (nSPS) is 14.4. The summed E-state index contributed by atoms with van der Waals surface area (Å²) in [6, 6.07) is 19.3. The molecule has 1 amide bonds. The average Bonchev–Trinajstić information content (AvgIpc) is 3.47. The lowest BCUT2D eigenvalue weighted by atomic mass is 9.93. The van der Waals surface area contributed by atoms with Crippen LogP contribution in [0, 0.1) is 13.8 Å². The Kier molecular flexibility index (Phi) is 8.10. The third-order valence-corrected chi connectivity index (χ3v) is 7.38. The third-order valence-electron chi connectivity index (χ3n) is 7.38. The second-order valence-corrected chi connectivity index (χ2v) is 10.4. The predicted octanol–water partition coefficient (Wildman–Crippen LogP) is 7.11. The van der Waals surface area contributed by atoms with Crippen LogP contribution in [0.2, 0.25) is 0 Å². The van der Waals surface area contributed by atoms with Crippen LogP contribution in [-0.2, 0) is 6.61 Å². The van der Waals surface area contributed by atoms with E-state index in [1.54, 1.807) is 6.07 Å². The molecule has 0 saturated carbocycles. The lowest BCUT2D eigenvalue weighted by molar-refractivity contribution is 0.0740. The van der Waals surface area contributed by atoms with Gasteiger partial charge < -0.3 is 19.5 Å². The first-order chi connectivity index (χ1) is 19.4. The minimum absolute atomic E-state index is 0.0820. The molecule has 40 heavy (non-hydrogen) atoms. The molecule has 7 nitrogen and oxygen atoms in total. The molecule has 1 unspecified atom stereocenters. The zero-order valence-electron chi connectivity index (χ0n) is 23.7. The Morgan fingerprint density at radius 2 is 1.77 bits per heavy atom. The maximum atomic E-state index is 13.7. The summed E-state index contributed by atoms with van der Waals surface area (Å²) >= 11 is 0. The van der Waals surface area contributed by atoms with Crippen molar-refractivity contribution in [2.24, 2.45) is 0 Å². The van der Waals surface area contributed by atoms with Crippen LogP contribution in [0.4, 0.5) is 0 Å². The second kappa shape index (κ2) is 11.9. The molecule has 0 radical (unpaired) electrons. The lowest BCUT2D eigenvalue weighted by Gasteiger charge is -2.27. The van der Waals surface area contributed by atoms with Crippen LogP contribution in [0.3, 0.4) is 0 Å². The number of aryl methyl sites for hydroxylation is 2. The van der Waals surface area contributed by atoms with Gasteiger partial charge in [0.2, 0.25) is 0 Å². The standard InChI is InChI=1S/C33H37N3O4/c1-5-7-11-16-36-32(24-14-15-26(27(19-24)39-6-2)40-20-23-12-9-8-10-13-23)29-30(34-35-31(29)33(36)38)28-22(4)17-21(3)18-25(28)37/h8-10,12-15,17-19,32,37H,5-7,11,16,20H2,1-4H3,(H,34,35). The van der Waals surface area contributed by atoms with Crippen molar-refractivity contribution in [3.8, 4) is 28.5 Å². The van der Waals surface area contributed by atoms with Crippen molar-refractivity contribution in [3.63, 3.8) is 0 Å². The molecule has 0 spiro atoms. The van der Waals surface area contributed by atoms with Crippen molar-refractivity contribution in [2.45, 2.75) is 59.6 Å². The summed E-state index contributed by atoms with van der Waals surface area (Å²) < 4.78 is 12.2. The number of amides is 1. The van der Waals surface area contributed by atoms with E-state index < -0.39 is 0 Å². The highest BCUT2D eigenvalue weighted by molar-refractivity contribution is 6.00. The largest absolute Gasteiger partial charge is 0.507 e. The molecule has 5 rings (SSSR count). The van der Waals surface area contributed by atoms with Crippen molar-refractivity contribution in [1.82, 2.24) is 15.1 Å². The summed E-state index contributed by atoms with van der Waals surface area (Å²) in [5.41, 5.74) is 6.34. The molecular formula is C33H37N3O4. The summed E-state index contributed by atoms with van der Waals surface area (Å²) in [4.78, 5) is 15.6. The number of hydrogen-bond donors (Lipinski definition) is 2. The van der Waals surface area contributed by atoms with Crippen LogP contribution in [0.1, 0.15) is 77.5 Å². The summed E-state index contributed by atoms with van der Waals surface area (Å²) in [5.74, 6) is 1.35. The predicted molar refractivity (Wildman–Crippen MR) is 156 cm³/mol. The van der Waals surface area contributed by atoms with Gasteiger partial charge in [-0.3, -0.25) is 9.89 Å². The smallest absolute Gasteiger partial charge is 0.273 e. The molecule has 1 aromatic heterocycles. The first-order valence-corrected chi connectivity index (χ1v) is 14.1. The van der Waals surface area contributed by atoms with Gasteiger partial charge in [-0.15, -0.1) is 0 Å². The number of H-pyrrole nitrogens is 1. The number of hydrogen-bond acceptors (Lipinski definition) is 5. The number of phenolic OH excluding ortho intramolecular Hbond substituents is 1. The fraction of sp³-hybridized carbons (Fsp3) is 0.333. The van der Waals surface area contributed by atoms with Gasteiger partial charge in [-0.25, -0.2) is 0 Å². The van der Waals surface area contributed by atoms with E-state index in [9.17, 15) is 9.90 Å². The van der Waals surface area contributed by atoms with Crippen molar-refractivity contribution in [1.29, 1.82) is 0 Å². The molecule has 0 aliphatic carbocycles. The molecule has 3 aromatic carbocycles. The lowest BCUT2D eigenvalue weighted by Crippen LogP contribution is -2.30. The van der Waals surface area contributed by atoms with E-state index in [-0.39, 0.29) is 17.7 Å². The number of ether oxygens (including phenoxy) is 2. The van der Waals surface area contributed by atoms with Gasteiger partial charge in [0, 0.05) is 17.7 Å². The van der Waals surface area contributed by atoms with Gasteiger partial charge in [0.05, 0.1) is 12.6 Å². The summed E-state index contributed by atoms with van der Waals surface area (Å²) in [6.45, 7) is 9.53. The molecule has 1 atom stereocenters. The van der Waals surface area contributed by atoms with E-state index in [1.165, 1.54) is 0 Å². The maximum absolute atomic E-state index is 13.7. The molecule has 0 bridgehead atoms. The minimum Gasteiger partial charge on any atom is -0.507 e. The highest BCUT2D eigenvalue weighted by atomic mass is 16.5. The number of unbranched alkanes of at least 4 members (excludes halogenated alkanes) is 2. The number of rotatable bonds is 11. The van der Waals surface area contributed by atoms with Gasteiger partial charge in [-0.1, -0.05) is 62.2 Å². The number of benzene rings is 3. The molecule has 7 heteroatoms. The van der Waals surface area contributed by atoms with Crippen LogP contribution >= 0.6 is 0 Å². The van der Waals surface area contributed by atoms with Gasteiger partial charge >= 0.3 is 0 Å². The Labute approximate surface area is 235 Å². The zero-order valence-corrected chi connectivity index (χ0v) is 23.7. The first kappa shape index (κ1) is 27.3. The van der Waals surface area contributed by atoms with Gasteiger partial charge in [0.25, 0.3) is 5.91 Å². The minimum atomic E-state index is -0.379. The third kappa shape index (κ3) is 5.28. The van der Waals surface area contributed by atoms with Gasteiger partial charge in [0.1, 0.15) is 23.7 Å². The van der Waals surface area contributed by atoms with Crippen molar-refractivity contribution >= 4 is 5.91 Å². The topological polar surface area (TPSA) is 87.7 Å². The van der Waals surface area contributed by atoms with E-state index in [1.807, 2.05) is 80.3 Å². The van der Waals surface area contributed by atoms with Gasteiger partial charge in [-0.2, -0.15) is 5.10 Å². The summed E-state index contributed by atoms with van der Waals surface area (Å²) in [7, 11) is 0. The summed E-state index contributed by atoms with van der Waals surface area (Å²) in [6.07, 6.45) is 2.99. The van der Waals surface area contributed by atoms with Crippen LogP contribution < -0.4 is 9.47 Å². The van der Waals surface area contributed by atoms with E-state index in [0.29, 0.717) is 48.2 Å². The molecular weight excluding hydrogens is 502 g/mol. The summed E-state index contributed by atoms with van der Waals surface area (Å²) in [5, 5.41) is 18.5. The number of aromatic nitrogens is 2. The number of carbonyl (C=O) groups is 1. The Morgan fingerprint density at radius 1 is 0.975 bits per heavy atom. The SMILES string of the molecule is CCCCCN1C(=O)c2[nH]nc(-c3c(C)cc(C)cc3O)c2C1c1ccc(OCc2ccccc2)c(OCC)c1. The van der Waals surface area contributed by atoms with Crippen molar-refractivity contribution in [2.75, 3.05) is 13.2 Å². The molecule has 2 heterocycles. The molecule has 1 aliphatic rings. The highest BCUT2D eigenvalue weighted by Gasteiger charge is 2.42. The molecule has 2 N–H and O–H groups in total. The number of nitrogens with one attached hydrogen (secondary N) is 1. The number of nitrogens with zero attached hydrogens (tertiary/aromatic N) is 2. The Bertz CT molecular complexity index is 1470. The van der Waals surface area contributed by atoms with Crippen LogP contribution in [-0.4, -0.2) is 39.3 Å². The van der Waals surface area contributed by atoms with Gasteiger partial charge in [-0.05, 0) is 67.6 Å². The van der Waals surface area contributed by atoms with Crippen molar-refractivity contribution < 1.29 is 19.4 Å². The second-order valence-electron chi connectivity index (χ2n) is 10.4. The van der Waals surface area contributed by atoms with Gasteiger partial charge in [0.15, 0.2) is 11.5 Å². The van der Waals surface area contributed by atoms with E-state index in [4.69, 9.17) is 9.47 Å². The molecule has 0 saturated heterocycles. The number of aromatic hydroxyl groups is 1. The number of phenols is 1. The maximum Gasteiger partial charge on any atom is 0.273 e. The monoisotopic (exact) mass is 539 g/mol. The number of aromatic amines is 1. The van der Waals surface area contributed by atoms with E-state index in [0.717, 1.165) is 47.1 Å². The zero-order chi connectivity index (χ0) is 28.2. The quantitative estimate of drug-likeness (QED) is 0.198. The number of carbonyl (C=O) groups excluding carboxylic acids is 1. The number of fused-ring (bicyclic) bond motifs is 1. The Balaban J connectivity index is 1.58. The highest BCUT2D eigenvalue weighted by Crippen LogP contribution is 2.47. The fourth-order valence-electron chi connectivity index (χ4n) is 5.57. The van der Waals surface area contributed by atoms with Crippen LogP contribution in [0.5, 0.6) is 17.2 Å². The Hall–Kier alpha value is -4.26.